The Labute approximate surface area is 150 Å². The van der Waals surface area contributed by atoms with E-state index in [4.69, 9.17) is 4.74 Å². The van der Waals surface area contributed by atoms with Crippen LogP contribution in [0.15, 0.2) is 0 Å². The van der Waals surface area contributed by atoms with Gasteiger partial charge in [0.25, 0.3) is 0 Å². The summed E-state index contributed by atoms with van der Waals surface area (Å²) in [5, 5.41) is 3.12. The number of carbonyl (C=O) groups is 2. The fourth-order valence-electron chi connectivity index (χ4n) is 4.43. The molecule has 7 nitrogen and oxygen atoms in total. The summed E-state index contributed by atoms with van der Waals surface area (Å²) in [4.78, 5) is 31.6. The van der Waals surface area contributed by atoms with Gasteiger partial charge in [0.05, 0.1) is 13.2 Å². The maximum absolute atomic E-state index is 12.6. The van der Waals surface area contributed by atoms with Gasteiger partial charge in [-0.15, -0.1) is 0 Å². The summed E-state index contributed by atoms with van der Waals surface area (Å²) >= 11 is 0. The van der Waals surface area contributed by atoms with E-state index in [-0.39, 0.29) is 29.9 Å². The number of rotatable bonds is 4. The monoisotopic (exact) mass is 352 g/mol. The number of nitrogens with zero attached hydrogens (tertiary/aromatic N) is 3. The molecular weight excluding hydrogens is 320 g/mol. The van der Waals surface area contributed by atoms with Gasteiger partial charge in [0.2, 0.25) is 11.8 Å². The van der Waals surface area contributed by atoms with Crippen molar-refractivity contribution in [2.24, 2.45) is 0 Å². The maximum atomic E-state index is 12.6. The van der Waals surface area contributed by atoms with Crippen molar-refractivity contribution in [3.05, 3.63) is 0 Å². The number of likely N-dealkylation sites (tertiary alicyclic amines) is 1. The first kappa shape index (κ1) is 18.6. The zero-order valence-corrected chi connectivity index (χ0v) is 15.7. The Morgan fingerprint density at radius 1 is 1.28 bits per heavy atom. The molecule has 3 aliphatic heterocycles. The molecule has 2 amide bonds. The molecule has 0 aliphatic carbocycles. The number of nitrogens with one attached hydrogen (secondary N) is 1. The standard InChI is InChI=1S/C18H32N4O3/c1-13(2)22-7-6-15-17(22)18(24)19-12-14(20(15)3)4-5-16(23)21-8-10-25-11-9-21/h13-15,17H,4-12H2,1-3H3,(H,19,24). The first-order valence-electron chi connectivity index (χ1n) is 9.60. The molecule has 1 N–H and O–H groups in total. The van der Waals surface area contributed by atoms with E-state index in [1.54, 1.807) is 0 Å². The molecule has 3 saturated heterocycles. The van der Waals surface area contributed by atoms with Crippen molar-refractivity contribution >= 4 is 11.8 Å². The molecule has 3 heterocycles. The van der Waals surface area contributed by atoms with Gasteiger partial charge >= 0.3 is 0 Å². The van der Waals surface area contributed by atoms with Gasteiger partial charge in [-0.3, -0.25) is 19.4 Å². The summed E-state index contributed by atoms with van der Waals surface area (Å²) < 4.78 is 5.31. The maximum Gasteiger partial charge on any atom is 0.239 e. The third-order valence-corrected chi connectivity index (χ3v) is 6.00. The molecule has 3 atom stereocenters. The lowest BCUT2D eigenvalue weighted by molar-refractivity contribution is -0.135. The van der Waals surface area contributed by atoms with Gasteiger partial charge in [-0.1, -0.05) is 0 Å². The van der Waals surface area contributed by atoms with Crippen LogP contribution in [0.5, 0.6) is 0 Å². The fourth-order valence-corrected chi connectivity index (χ4v) is 4.43. The normalized spacial score (nSPS) is 31.8. The fraction of sp³-hybridized carbons (Fsp3) is 0.889. The Morgan fingerprint density at radius 3 is 2.68 bits per heavy atom. The van der Waals surface area contributed by atoms with Gasteiger partial charge < -0.3 is 15.0 Å². The van der Waals surface area contributed by atoms with Crippen molar-refractivity contribution in [3.8, 4) is 0 Å². The van der Waals surface area contributed by atoms with E-state index < -0.39 is 0 Å². The van der Waals surface area contributed by atoms with Gasteiger partial charge in [-0.05, 0) is 33.7 Å². The molecule has 142 valence electrons. The minimum atomic E-state index is -0.0649. The second kappa shape index (κ2) is 8.01. The Hall–Kier alpha value is -1.18. The quantitative estimate of drug-likeness (QED) is 0.766. The zero-order chi connectivity index (χ0) is 18.0. The second-order valence-corrected chi connectivity index (χ2v) is 7.73. The third kappa shape index (κ3) is 3.99. The molecule has 0 spiro atoms. The van der Waals surface area contributed by atoms with Gasteiger partial charge in [-0.25, -0.2) is 0 Å². The van der Waals surface area contributed by atoms with Crippen LogP contribution >= 0.6 is 0 Å². The third-order valence-electron chi connectivity index (χ3n) is 6.00. The predicted molar refractivity (Wildman–Crippen MR) is 95.2 cm³/mol. The summed E-state index contributed by atoms with van der Waals surface area (Å²) in [6.45, 7) is 8.57. The van der Waals surface area contributed by atoms with E-state index in [0.29, 0.717) is 45.3 Å². The summed E-state index contributed by atoms with van der Waals surface area (Å²) in [5.74, 6) is 0.351. The van der Waals surface area contributed by atoms with Crippen LogP contribution in [-0.2, 0) is 14.3 Å². The van der Waals surface area contributed by atoms with Crippen LogP contribution in [0.4, 0.5) is 0 Å². The molecular formula is C18H32N4O3. The van der Waals surface area contributed by atoms with E-state index in [2.05, 4.69) is 36.0 Å². The lowest BCUT2D eigenvalue weighted by atomic mass is 10.0. The highest BCUT2D eigenvalue weighted by Crippen LogP contribution is 2.28. The van der Waals surface area contributed by atoms with Crippen LogP contribution in [-0.4, -0.2) is 97.1 Å². The van der Waals surface area contributed by atoms with Crippen LogP contribution in [0.25, 0.3) is 0 Å². The topological polar surface area (TPSA) is 65.1 Å². The lowest BCUT2D eigenvalue weighted by Crippen LogP contribution is -2.51. The number of morpholine rings is 1. The van der Waals surface area contributed by atoms with E-state index in [9.17, 15) is 9.59 Å². The number of ether oxygens (including phenoxy) is 1. The van der Waals surface area contributed by atoms with E-state index in [1.807, 2.05) is 4.90 Å². The Balaban J connectivity index is 1.59. The number of carbonyl (C=O) groups excluding carboxylic acids is 2. The molecule has 0 bridgehead atoms. The van der Waals surface area contributed by atoms with Crippen molar-refractivity contribution < 1.29 is 14.3 Å². The number of hydrogen-bond donors (Lipinski definition) is 1. The second-order valence-electron chi connectivity index (χ2n) is 7.73. The van der Waals surface area contributed by atoms with E-state index in [1.165, 1.54) is 0 Å². The van der Waals surface area contributed by atoms with Gasteiger partial charge in [0, 0.05) is 50.7 Å². The van der Waals surface area contributed by atoms with Crippen LogP contribution in [0.2, 0.25) is 0 Å². The Morgan fingerprint density at radius 2 is 2.00 bits per heavy atom. The number of fused-ring (bicyclic) bond motifs is 1. The number of amides is 2. The minimum Gasteiger partial charge on any atom is -0.378 e. The molecule has 3 rings (SSSR count). The van der Waals surface area contributed by atoms with Gasteiger partial charge in [-0.2, -0.15) is 0 Å². The highest BCUT2D eigenvalue weighted by Gasteiger charge is 2.45. The zero-order valence-electron chi connectivity index (χ0n) is 15.7. The molecule has 7 heteroatoms. The van der Waals surface area contributed by atoms with Crippen LogP contribution in [0.3, 0.4) is 0 Å². The minimum absolute atomic E-state index is 0.0649. The Bertz CT molecular complexity index is 493. The highest BCUT2D eigenvalue weighted by molar-refractivity contribution is 5.83. The van der Waals surface area contributed by atoms with Crippen LogP contribution in [0.1, 0.15) is 33.1 Å². The lowest BCUT2D eigenvalue weighted by Gasteiger charge is -2.34. The molecule has 0 aromatic heterocycles. The summed E-state index contributed by atoms with van der Waals surface area (Å²) in [6, 6.07) is 0.767. The van der Waals surface area contributed by atoms with Crippen LogP contribution < -0.4 is 5.32 Å². The first-order chi connectivity index (χ1) is 12.0. The van der Waals surface area contributed by atoms with Crippen molar-refractivity contribution in [2.75, 3.05) is 46.4 Å². The van der Waals surface area contributed by atoms with E-state index >= 15 is 0 Å². The number of likely N-dealkylation sites (N-methyl/N-ethyl adjacent to an activating group) is 1. The highest BCUT2D eigenvalue weighted by atomic mass is 16.5. The predicted octanol–water partition coefficient (Wildman–Crippen LogP) is -0.0931. The van der Waals surface area contributed by atoms with E-state index in [0.717, 1.165) is 19.4 Å². The average molecular weight is 352 g/mol. The van der Waals surface area contributed by atoms with Crippen molar-refractivity contribution in [2.45, 2.75) is 57.3 Å². The summed E-state index contributed by atoms with van der Waals surface area (Å²) in [5.41, 5.74) is 0. The largest absolute Gasteiger partial charge is 0.378 e. The molecule has 0 aromatic rings. The molecule has 0 radical (unpaired) electrons. The number of hydrogen-bond acceptors (Lipinski definition) is 5. The van der Waals surface area contributed by atoms with Crippen molar-refractivity contribution in [1.82, 2.24) is 20.0 Å². The molecule has 3 fully saturated rings. The molecule has 0 saturated carbocycles. The average Bonchev–Trinajstić information content (AvgIpc) is 3.02. The molecule has 25 heavy (non-hydrogen) atoms. The summed E-state index contributed by atoms with van der Waals surface area (Å²) in [7, 11) is 2.12. The van der Waals surface area contributed by atoms with Gasteiger partial charge in [0.1, 0.15) is 6.04 Å². The Kier molecular flexibility index (Phi) is 5.96. The first-order valence-corrected chi connectivity index (χ1v) is 9.60. The molecule has 3 unspecified atom stereocenters. The molecule has 0 aromatic carbocycles. The van der Waals surface area contributed by atoms with Crippen molar-refractivity contribution in [3.63, 3.8) is 0 Å². The van der Waals surface area contributed by atoms with Crippen molar-refractivity contribution in [1.29, 1.82) is 0 Å². The van der Waals surface area contributed by atoms with Gasteiger partial charge in [0.15, 0.2) is 0 Å². The van der Waals surface area contributed by atoms with Crippen LogP contribution in [0, 0.1) is 0 Å². The smallest absolute Gasteiger partial charge is 0.239 e. The SMILES string of the molecule is CC(C)N1CCC2C1C(=O)NCC(CCC(=O)N1CCOCC1)N2C. The molecule has 3 aliphatic rings. The summed E-state index contributed by atoms with van der Waals surface area (Å²) in [6.07, 6.45) is 2.34.